The van der Waals surface area contributed by atoms with Crippen molar-refractivity contribution in [2.75, 3.05) is 0 Å². The zero-order valence-corrected chi connectivity index (χ0v) is 9.00. The van der Waals surface area contributed by atoms with Gasteiger partial charge in [-0.1, -0.05) is 28.7 Å². The van der Waals surface area contributed by atoms with Crippen molar-refractivity contribution in [2.24, 2.45) is 0 Å². The highest BCUT2D eigenvalue weighted by Gasteiger charge is 2.12. The molecule has 11 heavy (non-hydrogen) atoms. The maximum Gasteiger partial charge on any atom is 0.318 e. The summed E-state index contributed by atoms with van der Waals surface area (Å²) >= 11 is 2.03. The molecule has 0 fully saturated rings. The molecule has 3 heteroatoms. The Morgan fingerprint density at radius 3 is 2.64 bits per heavy atom. The van der Waals surface area contributed by atoms with Crippen molar-refractivity contribution in [3.05, 3.63) is 12.7 Å². The van der Waals surface area contributed by atoms with E-state index in [1.165, 1.54) is 0 Å². The van der Waals surface area contributed by atoms with Crippen molar-refractivity contribution in [1.82, 2.24) is 0 Å². The Kier molecular flexibility index (Phi) is 5.54. The largest absolute Gasteiger partial charge is 0.462 e. The quantitative estimate of drug-likeness (QED) is 0.338. The van der Waals surface area contributed by atoms with Crippen molar-refractivity contribution in [2.45, 2.75) is 30.3 Å². The number of carbonyl (C=O) groups excluding carboxylic acids is 1. The standard InChI is InChI=1S/C8H13IO2/c1-4-5-6(2)11-8(10)7(3)9/h4,6-7H,1,5H2,2-3H3. The molecule has 0 heterocycles. The van der Waals surface area contributed by atoms with Gasteiger partial charge in [-0.2, -0.15) is 0 Å². The number of halogens is 1. The van der Waals surface area contributed by atoms with E-state index in [-0.39, 0.29) is 16.0 Å². The van der Waals surface area contributed by atoms with Crippen LogP contribution in [0.25, 0.3) is 0 Å². The molecule has 64 valence electrons. The summed E-state index contributed by atoms with van der Waals surface area (Å²) in [6.45, 7) is 7.23. The molecular weight excluding hydrogens is 255 g/mol. The molecule has 0 aromatic carbocycles. The van der Waals surface area contributed by atoms with Gasteiger partial charge in [-0.05, 0) is 13.8 Å². The van der Waals surface area contributed by atoms with Crippen molar-refractivity contribution in [3.63, 3.8) is 0 Å². The fourth-order valence-electron chi connectivity index (χ4n) is 0.575. The Morgan fingerprint density at radius 1 is 1.73 bits per heavy atom. The lowest BCUT2D eigenvalue weighted by Crippen LogP contribution is -2.19. The van der Waals surface area contributed by atoms with Crippen LogP contribution >= 0.6 is 22.6 Å². The van der Waals surface area contributed by atoms with E-state index in [4.69, 9.17) is 4.74 Å². The highest BCUT2D eigenvalue weighted by atomic mass is 127. The van der Waals surface area contributed by atoms with E-state index in [0.29, 0.717) is 0 Å². The molecule has 2 nitrogen and oxygen atoms in total. The molecule has 0 bridgehead atoms. The van der Waals surface area contributed by atoms with Gasteiger partial charge in [0, 0.05) is 6.42 Å². The van der Waals surface area contributed by atoms with Crippen LogP contribution in [0, 0.1) is 0 Å². The van der Waals surface area contributed by atoms with Gasteiger partial charge in [0.05, 0.1) is 0 Å². The maximum absolute atomic E-state index is 11.0. The summed E-state index contributed by atoms with van der Waals surface area (Å²) in [5.41, 5.74) is 0. The van der Waals surface area contributed by atoms with Crippen LogP contribution in [0.1, 0.15) is 20.3 Å². The number of carbonyl (C=O) groups is 1. The van der Waals surface area contributed by atoms with Crippen molar-refractivity contribution >= 4 is 28.6 Å². The lowest BCUT2D eigenvalue weighted by molar-refractivity contribution is -0.146. The Morgan fingerprint density at radius 2 is 2.27 bits per heavy atom. The first-order valence-corrected chi connectivity index (χ1v) is 4.78. The Labute approximate surface area is 81.1 Å². The second-order valence-electron chi connectivity index (χ2n) is 2.39. The van der Waals surface area contributed by atoms with Crippen LogP contribution in [0.3, 0.4) is 0 Å². The third kappa shape index (κ3) is 5.24. The predicted octanol–water partition coefficient (Wildman–Crippen LogP) is 2.32. The lowest BCUT2D eigenvalue weighted by Gasteiger charge is -2.11. The van der Waals surface area contributed by atoms with E-state index in [9.17, 15) is 4.79 Å². The van der Waals surface area contributed by atoms with Crippen molar-refractivity contribution in [3.8, 4) is 0 Å². The zero-order valence-electron chi connectivity index (χ0n) is 6.84. The molecule has 2 atom stereocenters. The van der Waals surface area contributed by atoms with Gasteiger partial charge in [-0.3, -0.25) is 4.79 Å². The summed E-state index contributed by atoms with van der Waals surface area (Å²) in [5.74, 6) is -0.153. The topological polar surface area (TPSA) is 26.3 Å². The number of ether oxygens (including phenoxy) is 1. The summed E-state index contributed by atoms with van der Waals surface area (Å²) in [7, 11) is 0. The molecule has 0 saturated carbocycles. The molecule has 0 aliphatic carbocycles. The molecule has 0 saturated heterocycles. The van der Waals surface area contributed by atoms with Gasteiger partial charge in [-0.15, -0.1) is 6.58 Å². The summed E-state index contributed by atoms with van der Waals surface area (Å²) in [5, 5.41) is 0. The molecule has 0 radical (unpaired) electrons. The van der Waals surface area contributed by atoms with E-state index >= 15 is 0 Å². The van der Waals surface area contributed by atoms with Gasteiger partial charge in [0.2, 0.25) is 0 Å². The number of alkyl halides is 1. The second kappa shape index (κ2) is 5.57. The maximum atomic E-state index is 11.0. The molecule has 2 unspecified atom stereocenters. The van der Waals surface area contributed by atoms with Gasteiger partial charge in [0.25, 0.3) is 0 Å². The van der Waals surface area contributed by atoms with E-state index in [0.717, 1.165) is 6.42 Å². The van der Waals surface area contributed by atoms with Gasteiger partial charge >= 0.3 is 5.97 Å². The third-order valence-electron chi connectivity index (χ3n) is 1.14. The lowest BCUT2D eigenvalue weighted by atomic mass is 10.3. The van der Waals surface area contributed by atoms with E-state index in [2.05, 4.69) is 6.58 Å². The monoisotopic (exact) mass is 268 g/mol. The number of hydrogen-bond acceptors (Lipinski definition) is 2. The average Bonchev–Trinajstić information content (AvgIpc) is 1.87. The summed E-state index contributed by atoms with van der Waals surface area (Å²) in [4.78, 5) is 11.0. The minimum Gasteiger partial charge on any atom is -0.462 e. The number of rotatable bonds is 4. The Hall–Kier alpha value is -0.0600. The Bertz CT molecular complexity index is 143. The van der Waals surface area contributed by atoms with Gasteiger partial charge < -0.3 is 4.74 Å². The minimum absolute atomic E-state index is 0.0442. The van der Waals surface area contributed by atoms with Crippen LogP contribution in [0.4, 0.5) is 0 Å². The van der Waals surface area contributed by atoms with Crippen LogP contribution in [0.2, 0.25) is 0 Å². The molecule has 0 amide bonds. The van der Waals surface area contributed by atoms with Crippen LogP contribution in [0.15, 0.2) is 12.7 Å². The highest BCUT2D eigenvalue weighted by Crippen LogP contribution is 2.05. The minimum atomic E-state index is -0.153. The molecule has 0 N–H and O–H groups in total. The molecule has 0 aromatic heterocycles. The van der Waals surface area contributed by atoms with Crippen LogP contribution < -0.4 is 0 Å². The zero-order chi connectivity index (χ0) is 8.85. The second-order valence-corrected chi connectivity index (χ2v) is 4.26. The van der Waals surface area contributed by atoms with E-state index in [1.54, 1.807) is 6.08 Å². The Balaban J connectivity index is 3.65. The average molecular weight is 268 g/mol. The first-order chi connectivity index (χ1) is 5.07. The molecule has 0 aliphatic rings. The molecular formula is C8H13IO2. The summed E-state index contributed by atoms with van der Waals surface area (Å²) in [6.07, 6.45) is 2.42. The first kappa shape index (κ1) is 10.9. The predicted molar refractivity (Wildman–Crippen MR) is 53.9 cm³/mol. The highest BCUT2D eigenvalue weighted by molar-refractivity contribution is 14.1. The molecule has 0 spiro atoms. The van der Waals surface area contributed by atoms with Crippen LogP contribution in [0.5, 0.6) is 0 Å². The van der Waals surface area contributed by atoms with Crippen molar-refractivity contribution in [1.29, 1.82) is 0 Å². The fourth-order valence-corrected chi connectivity index (χ4v) is 0.722. The van der Waals surface area contributed by atoms with Crippen LogP contribution in [-0.4, -0.2) is 16.0 Å². The molecule has 0 aliphatic heterocycles. The van der Waals surface area contributed by atoms with E-state index in [1.807, 2.05) is 36.4 Å². The fraction of sp³-hybridized carbons (Fsp3) is 0.625. The summed E-state index contributed by atoms with van der Waals surface area (Å²) < 4.78 is 4.96. The summed E-state index contributed by atoms with van der Waals surface area (Å²) in [6, 6.07) is 0. The van der Waals surface area contributed by atoms with Gasteiger partial charge in [-0.25, -0.2) is 0 Å². The first-order valence-electron chi connectivity index (χ1n) is 3.53. The van der Waals surface area contributed by atoms with Gasteiger partial charge in [0.1, 0.15) is 10.0 Å². The van der Waals surface area contributed by atoms with Crippen molar-refractivity contribution < 1.29 is 9.53 Å². The SMILES string of the molecule is C=CCC(C)OC(=O)C(C)I. The smallest absolute Gasteiger partial charge is 0.318 e. The van der Waals surface area contributed by atoms with Crippen LogP contribution in [-0.2, 0) is 9.53 Å². The normalized spacial score (nSPS) is 15.2. The molecule has 0 aromatic rings. The number of hydrogen-bond donors (Lipinski definition) is 0. The third-order valence-corrected chi connectivity index (χ3v) is 1.65. The molecule has 0 rings (SSSR count). The number of esters is 1. The van der Waals surface area contributed by atoms with Gasteiger partial charge in [0.15, 0.2) is 0 Å². The van der Waals surface area contributed by atoms with E-state index < -0.39 is 0 Å².